The van der Waals surface area contributed by atoms with Crippen LogP contribution in [0.2, 0.25) is 0 Å². The van der Waals surface area contributed by atoms with Crippen molar-refractivity contribution in [3.63, 3.8) is 0 Å². The van der Waals surface area contributed by atoms with Crippen LogP contribution in [0, 0.1) is 5.92 Å². The molecule has 3 rings (SSSR count). The van der Waals surface area contributed by atoms with E-state index >= 15 is 0 Å². The third-order valence-electron chi connectivity index (χ3n) is 5.23. The molecule has 1 atom stereocenters. The Labute approximate surface area is 178 Å². The third kappa shape index (κ3) is 4.93. The number of amides is 1. The zero-order valence-electron chi connectivity index (χ0n) is 18.1. The Kier molecular flexibility index (Phi) is 6.36. The first kappa shape index (κ1) is 22.1. The minimum atomic E-state index is -3.34. The highest BCUT2D eigenvalue weighted by Crippen LogP contribution is 2.29. The monoisotopic (exact) mass is 427 g/mol. The second kappa shape index (κ2) is 8.64. The summed E-state index contributed by atoms with van der Waals surface area (Å²) in [5.41, 5.74) is 3.15. The summed E-state index contributed by atoms with van der Waals surface area (Å²) in [6.07, 6.45) is 1.16. The van der Waals surface area contributed by atoms with Crippen LogP contribution in [0.5, 0.6) is 0 Å². The first-order valence-corrected chi connectivity index (χ1v) is 12.2. The van der Waals surface area contributed by atoms with Crippen molar-refractivity contribution in [3.05, 3.63) is 71.0 Å². The number of nitrogens with one attached hydrogen (secondary N) is 1. The topological polar surface area (TPSA) is 76.4 Å². The molecular weight excluding hydrogens is 398 g/mol. The van der Waals surface area contributed by atoms with Gasteiger partial charge in [0, 0.05) is 17.2 Å². The standard InChI is InChI=1S/C24H29NO4S/c1-15(2)17-10-12-18(13-11-17)22(16(3)4)25-24(26)23-20(14-30(5,27)28)19-8-6-7-9-21(19)29-23/h6-13,15-16,22H,14H2,1-5H3,(H,25,26). The molecule has 5 nitrogen and oxygen atoms in total. The normalized spacial score (nSPS) is 13.2. The second-order valence-electron chi connectivity index (χ2n) is 8.49. The number of sulfone groups is 1. The van der Waals surface area contributed by atoms with Crippen molar-refractivity contribution in [1.82, 2.24) is 5.32 Å². The second-order valence-corrected chi connectivity index (χ2v) is 10.6. The van der Waals surface area contributed by atoms with Crippen LogP contribution in [0.15, 0.2) is 52.9 Å². The molecule has 0 aliphatic carbocycles. The van der Waals surface area contributed by atoms with E-state index in [0.717, 1.165) is 11.8 Å². The molecule has 1 amide bonds. The zero-order valence-corrected chi connectivity index (χ0v) is 18.9. The van der Waals surface area contributed by atoms with Crippen LogP contribution in [0.25, 0.3) is 11.0 Å². The van der Waals surface area contributed by atoms with Gasteiger partial charge < -0.3 is 9.73 Å². The van der Waals surface area contributed by atoms with Gasteiger partial charge in [-0.2, -0.15) is 0 Å². The van der Waals surface area contributed by atoms with Crippen LogP contribution in [0.4, 0.5) is 0 Å². The van der Waals surface area contributed by atoms with Crippen LogP contribution in [0.1, 0.15) is 66.9 Å². The number of rotatable bonds is 7. The van der Waals surface area contributed by atoms with Gasteiger partial charge in [-0.25, -0.2) is 8.42 Å². The summed E-state index contributed by atoms with van der Waals surface area (Å²) < 4.78 is 29.8. The van der Waals surface area contributed by atoms with E-state index in [1.54, 1.807) is 24.3 Å². The molecule has 0 saturated carbocycles. The molecule has 0 aliphatic rings. The lowest BCUT2D eigenvalue weighted by atomic mass is 9.93. The SMILES string of the molecule is CC(C)c1ccc(C(NC(=O)c2oc3ccccc3c2CS(C)(=O)=O)C(C)C)cc1. The summed E-state index contributed by atoms with van der Waals surface area (Å²) in [5, 5.41) is 3.71. The van der Waals surface area contributed by atoms with Crippen molar-refractivity contribution < 1.29 is 17.6 Å². The first-order valence-electron chi connectivity index (χ1n) is 10.2. The maximum Gasteiger partial charge on any atom is 0.287 e. The molecule has 30 heavy (non-hydrogen) atoms. The predicted molar refractivity (Wildman–Crippen MR) is 120 cm³/mol. The van der Waals surface area contributed by atoms with Crippen molar-refractivity contribution in [1.29, 1.82) is 0 Å². The molecule has 0 radical (unpaired) electrons. The van der Waals surface area contributed by atoms with Crippen LogP contribution >= 0.6 is 0 Å². The number of carbonyl (C=O) groups excluding carboxylic acids is 1. The van der Waals surface area contributed by atoms with E-state index in [-0.39, 0.29) is 23.5 Å². The minimum Gasteiger partial charge on any atom is -0.451 e. The highest BCUT2D eigenvalue weighted by Gasteiger charge is 2.26. The summed E-state index contributed by atoms with van der Waals surface area (Å²) >= 11 is 0. The molecule has 1 heterocycles. The Bertz CT molecular complexity index is 1140. The Balaban J connectivity index is 1.96. The molecule has 0 spiro atoms. The van der Waals surface area contributed by atoms with Crippen molar-refractivity contribution >= 4 is 26.7 Å². The van der Waals surface area contributed by atoms with Crippen molar-refractivity contribution in [2.45, 2.75) is 45.4 Å². The van der Waals surface area contributed by atoms with Crippen LogP contribution in [-0.2, 0) is 15.6 Å². The van der Waals surface area contributed by atoms with Crippen LogP contribution in [-0.4, -0.2) is 20.6 Å². The first-order chi connectivity index (χ1) is 14.1. The predicted octanol–water partition coefficient (Wildman–Crippen LogP) is 5.23. The maximum atomic E-state index is 13.2. The highest BCUT2D eigenvalue weighted by molar-refractivity contribution is 7.89. The molecule has 0 aliphatic heterocycles. The van der Waals surface area contributed by atoms with E-state index in [2.05, 4.69) is 31.3 Å². The number of carbonyl (C=O) groups is 1. The van der Waals surface area contributed by atoms with Gasteiger partial charge in [0.1, 0.15) is 5.58 Å². The van der Waals surface area contributed by atoms with Gasteiger partial charge in [-0.05, 0) is 29.0 Å². The van der Waals surface area contributed by atoms with Crippen LogP contribution < -0.4 is 5.32 Å². The number of fused-ring (bicyclic) bond motifs is 1. The molecule has 3 aromatic rings. The quantitative estimate of drug-likeness (QED) is 0.560. The average Bonchev–Trinajstić information content (AvgIpc) is 3.03. The molecule has 0 bridgehead atoms. The molecule has 6 heteroatoms. The third-order valence-corrected chi connectivity index (χ3v) is 6.04. The van der Waals surface area contributed by atoms with Crippen LogP contribution in [0.3, 0.4) is 0 Å². The fourth-order valence-electron chi connectivity index (χ4n) is 3.62. The fraction of sp³-hybridized carbons (Fsp3) is 0.375. The van der Waals surface area contributed by atoms with Crippen molar-refractivity contribution in [3.8, 4) is 0 Å². The molecule has 1 N–H and O–H groups in total. The number of hydrogen-bond acceptors (Lipinski definition) is 4. The number of furan rings is 1. The Hall–Kier alpha value is -2.60. The summed E-state index contributed by atoms with van der Waals surface area (Å²) in [7, 11) is -3.34. The minimum absolute atomic E-state index is 0.0612. The van der Waals surface area contributed by atoms with Gasteiger partial charge in [-0.3, -0.25) is 4.79 Å². The van der Waals surface area contributed by atoms with E-state index in [1.807, 2.05) is 26.0 Å². The Morgan fingerprint density at radius 2 is 1.57 bits per heavy atom. The van der Waals surface area contributed by atoms with Gasteiger partial charge in [0.15, 0.2) is 15.6 Å². The molecule has 1 aromatic heterocycles. The van der Waals surface area contributed by atoms with Gasteiger partial charge in [0.05, 0.1) is 11.8 Å². The average molecular weight is 428 g/mol. The summed E-state index contributed by atoms with van der Waals surface area (Å²) in [6.45, 7) is 8.36. The Morgan fingerprint density at radius 3 is 2.13 bits per heavy atom. The fourth-order valence-corrected chi connectivity index (χ4v) is 4.43. The smallest absolute Gasteiger partial charge is 0.287 e. The number of hydrogen-bond donors (Lipinski definition) is 1. The van der Waals surface area contributed by atoms with E-state index in [4.69, 9.17) is 4.42 Å². The number of benzene rings is 2. The molecule has 2 aromatic carbocycles. The Morgan fingerprint density at radius 1 is 0.967 bits per heavy atom. The summed E-state index contributed by atoms with van der Waals surface area (Å²) in [6, 6.07) is 15.1. The van der Waals surface area contributed by atoms with Gasteiger partial charge >= 0.3 is 0 Å². The molecule has 0 fully saturated rings. The zero-order chi connectivity index (χ0) is 22.1. The van der Waals surface area contributed by atoms with E-state index in [0.29, 0.717) is 22.5 Å². The summed E-state index contributed by atoms with van der Waals surface area (Å²) in [5.74, 6) is -0.0215. The summed E-state index contributed by atoms with van der Waals surface area (Å²) in [4.78, 5) is 13.2. The molecular formula is C24H29NO4S. The largest absolute Gasteiger partial charge is 0.451 e. The van der Waals surface area contributed by atoms with Crippen molar-refractivity contribution in [2.24, 2.45) is 5.92 Å². The van der Waals surface area contributed by atoms with Gasteiger partial charge in [0.25, 0.3) is 5.91 Å². The lowest BCUT2D eigenvalue weighted by Gasteiger charge is -2.23. The van der Waals surface area contributed by atoms with Gasteiger partial charge in [-0.1, -0.05) is 70.2 Å². The van der Waals surface area contributed by atoms with E-state index in [9.17, 15) is 13.2 Å². The lowest BCUT2D eigenvalue weighted by Crippen LogP contribution is -2.32. The molecule has 1 unspecified atom stereocenters. The van der Waals surface area contributed by atoms with E-state index < -0.39 is 15.7 Å². The molecule has 0 saturated heterocycles. The van der Waals surface area contributed by atoms with Gasteiger partial charge in [0.2, 0.25) is 0 Å². The highest BCUT2D eigenvalue weighted by atomic mass is 32.2. The molecule has 160 valence electrons. The number of para-hydroxylation sites is 1. The maximum absolute atomic E-state index is 13.2. The van der Waals surface area contributed by atoms with Gasteiger partial charge in [-0.15, -0.1) is 0 Å². The van der Waals surface area contributed by atoms with E-state index in [1.165, 1.54) is 5.56 Å². The van der Waals surface area contributed by atoms with Crippen molar-refractivity contribution in [2.75, 3.05) is 6.26 Å². The lowest BCUT2D eigenvalue weighted by molar-refractivity contribution is 0.0898.